The number of carbonyl (C=O) groups excluding carboxylic acids is 1. The van der Waals surface area contributed by atoms with E-state index >= 15 is 0 Å². The van der Waals surface area contributed by atoms with E-state index in [1.807, 2.05) is 0 Å². The summed E-state index contributed by atoms with van der Waals surface area (Å²) < 4.78 is 1.01. The molecule has 21 heavy (non-hydrogen) atoms. The lowest BCUT2D eigenvalue weighted by Crippen LogP contribution is -2.60. The van der Waals surface area contributed by atoms with Gasteiger partial charge in [0.2, 0.25) is 5.91 Å². The molecule has 4 bridgehead atoms. The number of hydrogen-bond donors (Lipinski definition) is 1. The molecule has 4 rings (SSSR count). The first-order valence-corrected chi connectivity index (χ1v) is 9.10. The highest BCUT2D eigenvalue weighted by Crippen LogP contribution is 2.55. The van der Waals surface area contributed by atoms with Gasteiger partial charge in [-0.15, -0.1) is 0 Å². The van der Waals surface area contributed by atoms with Crippen molar-refractivity contribution in [3.63, 3.8) is 0 Å². The zero-order valence-corrected chi connectivity index (χ0v) is 14.2. The molecular weight excluding hydrogens is 260 g/mol. The fraction of sp³-hybridized carbons (Fsp3) is 0.944. The van der Waals surface area contributed by atoms with Crippen molar-refractivity contribution in [2.75, 3.05) is 26.7 Å². The van der Waals surface area contributed by atoms with Crippen molar-refractivity contribution < 1.29 is 9.28 Å². The largest absolute Gasteiger partial charge is 0.350 e. The maximum Gasteiger partial charge on any atom is 0.226 e. The SMILES string of the molecule is CC[N+](C)(CC)CCC(=O)NC12CC3CC(CC(C3)C1)C2. The van der Waals surface area contributed by atoms with E-state index in [1.54, 1.807) is 0 Å². The highest BCUT2D eigenvalue weighted by atomic mass is 16.1. The van der Waals surface area contributed by atoms with Gasteiger partial charge in [-0.2, -0.15) is 0 Å². The molecule has 4 saturated carbocycles. The molecule has 3 heteroatoms. The van der Waals surface area contributed by atoms with Crippen LogP contribution < -0.4 is 5.32 Å². The molecule has 0 heterocycles. The van der Waals surface area contributed by atoms with Gasteiger partial charge in [0.05, 0.1) is 33.1 Å². The van der Waals surface area contributed by atoms with Gasteiger partial charge in [-0.1, -0.05) is 0 Å². The van der Waals surface area contributed by atoms with E-state index in [9.17, 15) is 4.79 Å². The Morgan fingerprint density at radius 1 is 1.05 bits per heavy atom. The van der Waals surface area contributed by atoms with E-state index in [-0.39, 0.29) is 5.54 Å². The minimum absolute atomic E-state index is 0.188. The number of rotatable bonds is 6. The van der Waals surface area contributed by atoms with Gasteiger partial charge < -0.3 is 9.80 Å². The number of carbonyl (C=O) groups is 1. The zero-order valence-electron chi connectivity index (χ0n) is 14.2. The molecule has 0 saturated heterocycles. The molecular formula is C18H33N2O+. The number of quaternary nitrogens is 1. The molecule has 4 fully saturated rings. The summed E-state index contributed by atoms with van der Waals surface area (Å²) in [5.41, 5.74) is 0.188. The molecule has 120 valence electrons. The number of hydrogen-bond acceptors (Lipinski definition) is 1. The molecule has 1 N–H and O–H groups in total. The zero-order chi connectivity index (χ0) is 15.1. The molecule has 0 atom stereocenters. The molecule has 3 nitrogen and oxygen atoms in total. The highest BCUT2D eigenvalue weighted by molar-refractivity contribution is 5.77. The van der Waals surface area contributed by atoms with Crippen molar-refractivity contribution in [2.24, 2.45) is 17.8 Å². The Hall–Kier alpha value is -0.570. The summed E-state index contributed by atoms with van der Waals surface area (Å²) in [6, 6.07) is 0. The standard InChI is InChI=1S/C18H32N2O/c1-4-20(3,5-2)7-6-17(21)19-18-11-14-8-15(12-18)10-16(9-14)13-18/h14-16H,4-13H2,1-3H3/p+1. The third-order valence-electron chi connectivity index (χ3n) is 6.85. The Balaban J connectivity index is 1.55. The van der Waals surface area contributed by atoms with E-state index in [0.717, 1.165) is 41.9 Å². The van der Waals surface area contributed by atoms with E-state index < -0.39 is 0 Å². The summed E-state index contributed by atoms with van der Waals surface area (Å²) in [6.45, 7) is 7.65. The number of amides is 1. The predicted molar refractivity (Wildman–Crippen MR) is 85.8 cm³/mol. The van der Waals surface area contributed by atoms with Crippen LogP contribution in [-0.4, -0.2) is 42.6 Å². The predicted octanol–water partition coefficient (Wildman–Crippen LogP) is 2.95. The molecule has 4 aliphatic carbocycles. The molecule has 0 aliphatic heterocycles. The number of nitrogens with zero attached hydrogens (tertiary/aromatic N) is 1. The lowest BCUT2D eigenvalue weighted by atomic mass is 9.53. The Kier molecular flexibility index (Phi) is 4.06. The first kappa shape index (κ1) is 15.3. The molecule has 0 aromatic heterocycles. The minimum Gasteiger partial charge on any atom is -0.350 e. The summed E-state index contributed by atoms with van der Waals surface area (Å²) >= 11 is 0. The Bertz CT molecular complexity index is 365. The van der Waals surface area contributed by atoms with Crippen LogP contribution in [-0.2, 0) is 4.79 Å². The van der Waals surface area contributed by atoms with Crippen LogP contribution in [0.2, 0.25) is 0 Å². The van der Waals surface area contributed by atoms with Gasteiger partial charge >= 0.3 is 0 Å². The van der Waals surface area contributed by atoms with Crippen molar-refractivity contribution in [1.29, 1.82) is 0 Å². The fourth-order valence-corrected chi connectivity index (χ4v) is 5.53. The first-order chi connectivity index (χ1) is 9.96. The topological polar surface area (TPSA) is 29.1 Å². The summed E-state index contributed by atoms with van der Waals surface area (Å²) in [5.74, 6) is 3.03. The maximum absolute atomic E-state index is 12.5. The van der Waals surface area contributed by atoms with E-state index in [2.05, 4.69) is 26.2 Å². The lowest BCUT2D eigenvalue weighted by Gasteiger charge is -2.57. The van der Waals surface area contributed by atoms with Gasteiger partial charge in [0.15, 0.2) is 0 Å². The molecule has 0 unspecified atom stereocenters. The van der Waals surface area contributed by atoms with E-state index in [0.29, 0.717) is 12.3 Å². The Morgan fingerprint density at radius 3 is 1.95 bits per heavy atom. The second-order valence-electron chi connectivity index (χ2n) is 8.47. The van der Waals surface area contributed by atoms with Gasteiger partial charge in [0, 0.05) is 5.54 Å². The van der Waals surface area contributed by atoms with Gasteiger partial charge in [0.25, 0.3) is 0 Å². The average Bonchev–Trinajstić information content (AvgIpc) is 2.43. The summed E-state index contributed by atoms with van der Waals surface area (Å²) in [4.78, 5) is 12.5. The van der Waals surface area contributed by atoms with Crippen molar-refractivity contribution in [2.45, 2.75) is 64.3 Å². The van der Waals surface area contributed by atoms with Crippen molar-refractivity contribution in [3.8, 4) is 0 Å². The summed E-state index contributed by atoms with van der Waals surface area (Å²) in [7, 11) is 2.26. The van der Waals surface area contributed by atoms with Crippen molar-refractivity contribution in [3.05, 3.63) is 0 Å². The summed E-state index contributed by atoms with van der Waals surface area (Å²) in [5, 5.41) is 3.50. The summed E-state index contributed by atoms with van der Waals surface area (Å²) in [6.07, 6.45) is 8.80. The van der Waals surface area contributed by atoms with Crippen LogP contribution in [0.3, 0.4) is 0 Å². The monoisotopic (exact) mass is 293 g/mol. The first-order valence-electron chi connectivity index (χ1n) is 9.10. The second-order valence-corrected chi connectivity index (χ2v) is 8.47. The van der Waals surface area contributed by atoms with Crippen LogP contribution in [0.5, 0.6) is 0 Å². The average molecular weight is 293 g/mol. The highest BCUT2D eigenvalue weighted by Gasteiger charge is 2.51. The fourth-order valence-electron chi connectivity index (χ4n) is 5.53. The van der Waals surface area contributed by atoms with Gasteiger partial charge in [-0.25, -0.2) is 0 Å². The normalized spacial score (nSPS) is 37.8. The molecule has 0 radical (unpaired) electrons. The molecule has 4 aliphatic rings. The smallest absolute Gasteiger partial charge is 0.226 e. The Labute approximate surface area is 130 Å². The lowest BCUT2D eigenvalue weighted by molar-refractivity contribution is -0.905. The minimum atomic E-state index is 0.188. The third kappa shape index (κ3) is 3.13. The number of nitrogens with one attached hydrogen (secondary N) is 1. The maximum atomic E-state index is 12.5. The van der Waals surface area contributed by atoms with Crippen LogP contribution in [0.15, 0.2) is 0 Å². The van der Waals surface area contributed by atoms with Crippen LogP contribution >= 0.6 is 0 Å². The molecule has 0 aromatic rings. The van der Waals surface area contributed by atoms with Crippen LogP contribution in [0.4, 0.5) is 0 Å². The third-order valence-corrected chi connectivity index (χ3v) is 6.85. The van der Waals surface area contributed by atoms with Gasteiger partial charge in [0.1, 0.15) is 0 Å². The van der Waals surface area contributed by atoms with Gasteiger partial charge in [-0.05, 0) is 70.1 Å². The van der Waals surface area contributed by atoms with Crippen molar-refractivity contribution in [1.82, 2.24) is 5.32 Å². The second kappa shape index (κ2) is 5.57. The van der Waals surface area contributed by atoms with E-state index in [4.69, 9.17) is 0 Å². The van der Waals surface area contributed by atoms with Crippen LogP contribution in [0.25, 0.3) is 0 Å². The van der Waals surface area contributed by atoms with Crippen LogP contribution in [0, 0.1) is 17.8 Å². The van der Waals surface area contributed by atoms with Gasteiger partial charge in [-0.3, -0.25) is 4.79 Å². The Morgan fingerprint density at radius 2 is 1.52 bits per heavy atom. The molecule has 1 amide bonds. The quantitative estimate of drug-likeness (QED) is 0.750. The molecule has 0 spiro atoms. The van der Waals surface area contributed by atoms with Crippen molar-refractivity contribution >= 4 is 5.91 Å². The van der Waals surface area contributed by atoms with Crippen LogP contribution in [0.1, 0.15) is 58.8 Å². The van der Waals surface area contributed by atoms with E-state index in [1.165, 1.54) is 38.5 Å². The molecule has 0 aromatic carbocycles.